The minimum absolute atomic E-state index is 0.0606. The summed E-state index contributed by atoms with van der Waals surface area (Å²) in [5.74, 6) is -0.322. The predicted octanol–water partition coefficient (Wildman–Crippen LogP) is 1.83. The molecule has 1 aromatic carbocycles. The van der Waals surface area contributed by atoms with Crippen molar-refractivity contribution in [2.45, 2.75) is 19.4 Å². The molecule has 0 unspecified atom stereocenters. The van der Waals surface area contributed by atoms with Crippen LogP contribution in [0.3, 0.4) is 0 Å². The zero-order valence-corrected chi connectivity index (χ0v) is 11.6. The lowest BCUT2D eigenvalue weighted by Crippen LogP contribution is -2.25. The van der Waals surface area contributed by atoms with Gasteiger partial charge in [-0.3, -0.25) is 4.79 Å². The molecule has 7 nitrogen and oxygen atoms in total. The number of hydrogen-bond acceptors (Lipinski definition) is 6. The van der Waals surface area contributed by atoms with Crippen LogP contribution in [0.15, 0.2) is 29.3 Å². The number of benzene rings is 1. The van der Waals surface area contributed by atoms with Gasteiger partial charge >= 0.3 is 12.1 Å². The van der Waals surface area contributed by atoms with Crippen molar-refractivity contribution < 1.29 is 23.9 Å². The van der Waals surface area contributed by atoms with Gasteiger partial charge in [-0.1, -0.05) is 12.1 Å². The summed E-state index contributed by atoms with van der Waals surface area (Å²) in [5, 5.41) is 2.52. The van der Waals surface area contributed by atoms with Crippen molar-refractivity contribution in [1.29, 1.82) is 0 Å². The minimum Gasteiger partial charge on any atom is -0.469 e. The summed E-state index contributed by atoms with van der Waals surface area (Å²) in [6.07, 6.45) is 1.58. The minimum atomic E-state index is -0.579. The summed E-state index contributed by atoms with van der Waals surface area (Å²) in [4.78, 5) is 35.9. The second-order valence-electron chi connectivity index (χ2n) is 4.06. The van der Waals surface area contributed by atoms with Crippen LogP contribution in [0.25, 0.3) is 0 Å². The van der Waals surface area contributed by atoms with Gasteiger partial charge in [-0.25, -0.2) is 9.59 Å². The molecule has 1 N–H and O–H groups in total. The van der Waals surface area contributed by atoms with Gasteiger partial charge in [0, 0.05) is 13.0 Å². The second-order valence-corrected chi connectivity index (χ2v) is 4.06. The van der Waals surface area contributed by atoms with Crippen LogP contribution in [0.4, 0.5) is 10.5 Å². The molecule has 0 saturated carbocycles. The highest BCUT2D eigenvalue weighted by atomic mass is 16.5. The first-order valence-electron chi connectivity index (χ1n) is 6.30. The van der Waals surface area contributed by atoms with Gasteiger partial charge < -0.3 is 14.8 Å². The van der Waals surface area contributed by atoms with Crippen LogP contribution in [-0.4, -0.2) is 31.8 Å². The number of hydrogen-bond donors (Lipinski definition) is 1. The zero-order valence-electron chi connectivity index (χ0n) is 11.6. The summed E-state index contributed by atoms with van der Waals surface area (Å²) in [6.45, 7) is 0.383. The van der Waals surface area contributed by atoms with E-state index in [4.69, 9.17) is 4.74 Å². The third kappa shape index (κ3) is 6.89. The van der Waals surface area contributed by atoms with Crippen LogP contribution < -0.4 is 5.32 Å². The van der Waals surface area contributed by atoms with Crippen LogP contribution in [-0.2, 0) is 25.7 Å². The molecule has 7 heteroatoms. The molecule has 0 aliphatic heterocycles. The largest absolute Gasteiger partial charge is 0.469 e. The Hall–Kier alpha value is -2.66. The van der Waals surface area contributed by atoms with Crippen LogP contribution in [0.2, 0.25) is 0 Å². The van der Waals surface area contributed by atoms with E-state index in [2.05, 4.69) is 15.0 Å². The van der Waals surface area contributed by atoms with Gasteiger partial charge in [-0.05, 0) is 24.1 Å². The number of amides is 1. The van der Waals surface area contributed by atoms with Gasteiger partial charge in [0.05, 0.1) is 12.8 Å². The number of carbonyl (C=O) groups is 2. The fraction of sp³-hybridized carbons (Fsp3) is 0.357. The van der Waals surface area contributed by atoms with Gasteiger partial charge in [0.2, 0.25) is 6.08 Å². The molecule has 0 aromatic heterocycles. The van der Waals surface area contributed by atoms with Gasteiger partial charge in [0.1, 0.15) is 6.61 Å². The summed E-state index contributed by atoms with van der Waals surface area (Å²) < 4.78 is 9.46. The van der Waals surface area contributed by atoms with Gasteiger partial charge in [0.25, 0.3) is 0 Å². The van der Waals surface area contributed by atoms with E-state index in [1.807, 2.05) is 0 Å². The molecular weight excluding hydrogens is 276 g/mol. The van der Waals surface area contributed by atoms with Crippen molar-refractivity contribution in [2.75, 3.05) is 13.7 Å². The van der Waals surface area contributed by atoms with E-state index in [9.17, 15) is 14.4 Å². The Morgan fingerprint density at radius 3 is 2.90 bits per heavy atom. The first kappa shape index (κ1) is 16.4. The molecule has 21 heavy (non-hydrogen) atoms. The normalized spacial score (nSPS) is 9.38. The Kier molecular flexibility index (Phi) is 7.24. The number of rotatable bonds is 7. The van der Waals surface area contributed by atoms with E-state index in [0.29, 0.717) is 24.2 Å². The lowest BCUT2D eigenvalue weighted by molar-refractivity contribution is -0.140. The Labute approximate surface area is 122 Å². The number of nitrogens with one attached hydrogen (secondary N) is 1. The van der Waals surface area contributed by atoms with Crippen LogP contribution in [0.1, 0.15) is 18.4 Å². The van der Waals surface area contributed by atoms with E-state index in [1.165, 1.54) is 13.2 Å². The number of methoxy groups -OCH3 is 1. The zero-order chi connectivity index (χ0) is 15.5. The summed E-state index contributed by atoms with van der Waals surface area (Å²) >= 11 is 0. The molecular formula is C14H16N2O5. The van der Waals surface area contributed by atoms with E-state index >= 15 is 0 Å². The fourth-order valence-electron chi connectivity index (χ4n) is 1.49. The maximum atomic E-state index is 11.4. The fourth-order valence-corrected chi connectivity index (χ4v) is 1.49. The molecule has 0 spiro atoms. The molecule has 0 bridgehead atoms. The molecule has 0 saturated heterocycles. The highest BCUT2D eigenvalue weighted by molar-refractivity contribution is 5.69. The van der Waals surface area contributed by atoms with Crippen LogP contribution in [0.5, 0.6) is 0 Å². The molecule has 0 radical (unpaired) electrons. The van der Waals surface area contributed by atoms with Gasteiger partial charge in [-0.15, -0.1) is 0 Å². The molecule has 0 atom stereocenters. The molecule has 0 aliphatic carbocycles. The maximum Gasteiger partial charge on any atom is 0.407 e. The first-order chi connectivity index (χ1) is 10.2. The van der Waals surface area contributed by atoms with Crippen molar-refractivity contribution in [1.82, 2.24) is 5.32 Å². The first-order valence-corrected chi connectivity index (χ1v) is 6.30. The maximum absolute atomic E-state index is 11.4. The highest BCUT2D eigenvalue weighted by Gasteiger charge is 2.04. The number of ether oxygens (including phenoxy) is 2. The van der Waals surface area contributed by atoms with Crippen molar-refractivity contribution in [3.63, 3.8) is 0 Å². The quantitative estimate of drug-likeness (QED) is 0.358. The number of alkyl carbamates (subject to hydrolysis) is 1. The summed E-state index contributed by atoms with van der Waals surface area (Å²) in [5.41, 5.74) is 1.15. The molecule has 1 rings (SSSR count). The third-order valence-corrected chi connectivity index (χ3v) is 2.51. The Bertz CT molecular complexity index is 538. The smallest absolute Gasteiger partial charge is 0.407 e. The van der Waals surface area contributed by atoms with Gasteiger partial charge in [-0.2, -0.15) is 4.99 Å². The Morgan fingerprint density at radius 2 is 2.19 bits per heavy atom. The standard InChI is InChI=1S/C14H16N2O5/c1-20-13(18)6-3-7-15-14(19)21-9-11-4-2-5-12(8-11)16-10-17/h2,4-5,8H,3,6-7,9H2,1H3,(H,15,19). The monoisotopic (exact) mass is 292 g/mol. The van der Waals surface area contributed by atoms with Gasteiger partial charge in [0.15, 0.2) is 0 Å². The average molecular weight is 292 g/mol. The molecule has 1 amide bonds. The number of nitrogens with zero attached hydrogens (tertiary/aromatic N) is 1. The van der Waals surface area contributed by atoms with Crippen molar-refractivity contribution in [3.05, 3.63) is 29.8 Å². The van der Waals surface area contributed by atoms with E-state index in [1.54, 1.807) is 24.3 Å². The van der Waals surface area contributed by atoms with Crippen molar-refractivity contribution >= 4 is 23.8 Å². The Balaban J connectivity index is 2.28. The lowest BCUT2D eigenvalue weighted by Gasteiger charge is -2.07. The van der Waals surface area contributed by atoms with Crippen LogP contribution >= 0.6 is 0 Å². The van der Waals surface area contributed by atoms with E-state index in [0.717, 1.165) is 0 Å². The van der Waals surface area contributed by atoms with Crippen molar-refractivity contribution in [2.24, 2.45) is 4.99 Å². The molecule has 0 aliphatic rings. The molecule has 1 aromatic rings. The number of esters is 1. The Morgan fingerprint density at radius 1 is 1.38 bits per heavy atom. The number of aliphatic imine (C=N–C) groups is 1. The average Bonchev–Trinajstić information content (AvgIpc) is 2.50. The second kappa shape index (κ2) is 9.28. The molecule has 0 fully saturated rings. The molecule has 0 heterocycles. The van der Waals surface area contributed by atoms with Crippen LogP contribution in [0, 0.1) is 0 Å². The number of isocyanates is 1. The lowest BCUT2D eigenvalue weighted by atomic mass is 10.2. The summed E-state index contributed by atoms with van der Waals surface area (Å²) in [7, 11) is 1.31. The topological polar surface area (TPSA) is 94.1 Å². The van der Waals surface area contributed by atoms with E-state index < -0.39 is 6.09 Å². The van der Waals surface area contributed by atoms with E-state index in [-0.39, 0.29) is 19.0 Å². The highest BCUT2D eigenvalue weighted by Crippen LogP contribution is 2.13. The molecule has 112 valence electrons. The SMILES string of the molecule is COC(=O)CCCNC(=O)OCc1cccc(N=C=O)c1. The summed E-state index contributed by atoms with van der Waals surface area (Å²) in [6, 6.07) is 6.70. The van der Waals surface area contributed by atoms with Crippen molar-refractivity contribution in [3.8, 4) is 0 Å². The third-order valence-electron chi connectivity index (χ3n) is 2.51. The predicted molar refractivity (Wildman–Crippen MR) is 73.7 cm³/mol. The number of carbonyl (C=O) groups excluding carboxylic acids is 3.